The van der Waals surface area contributed by atoms with E-state index in [2.05, 4.69) is 37.9 Å². The van der Waals surface area contributed by atoms with E-state index in [0.717, 1.165) is 14.6 Å². The Hall–Kier alpha value is -3.20. The molecule has 1 amide bonds. The van der Waals surface area contributed by atoms with Crippen molar-refractivity contribution in [2.24, 2.45) is 0 Å². The molecule has 0 aliphatic heterocycles. The first-order valence-corrected chi connectivity index (χ1v) is 10.9. The predicted octanol–water partition coefficient (Wildman–Crippen LogP) is 5.41. The number of carbonyl (C=O) groups is 2. The Bertz CT molecular complexity index is 1200. The Morgan fingerprint density at radius 3 is 2.48 bits per heavy atom. The molecule has 3 aromatic carbocycles. The van der Waals surface area contributed by atoms with Gasteiger partial charge in [0.05, 0.1) is 16.6 Å². The minimum atomic E-state index is -0.907. The smallest absolute Gasteiger partial charge is 0.339 e. The maximum absolute atomic E-state index is 13.0. The Balaban J connectivity index is 1.55. The third-order valence-corrected chi connectivity index (χ3v) is 5.53. The van der Waals surface area contributed by atoms with Crippen LogP contribution in [0.5, 0.6) is 0 Å². The van der Waals surface area contributed by atoms with Gasteiger partial charge < -0.3 is 15.0 Å². The third-order valence-electron chi connectivity index (χ3n) is 4.82. The number of hydrogen-bond donors (Lipinski definition) is 2. The average Bonchev–Trinajstić information content (AvgIpc) is 3.23. The molecule has 0 saturated carbocycles. The summed E-state index contributed by atoms with van der Waals surface area (Å²) in [5.41, 5.74) is 3.31. The summed E-state index contributed by atoms with van der Waals surface area (Å²) in [7, 11) is 0. The molecular weight excluding hydrogens is 505 g/mol. The number of nitrogens with zero attached hydrogens (tertiary/aromatic N) is 1. The number of amides is 1. The van der Waals surface area contributed by atoms with Gasteiger partial charge in [0, 0.05) is 14.8 Å². The molecule has 1 atom stereocenters. The highest BCUT2D eigenvalue weighted by Gasteiger charge is 2.24. The molecule has 7 heteroatoms. The van der Waals surface area contributed by atoms with Crippen LogP contribution < -0.4 is 5.32 Å². The summed E-state index contributed by atoms with van der Waals surface area (Å²) in [6.45, 7) is 1.80. The minimum Gasteiger partial charge on any atom is -0.449 e. The number of rotatable bonds is 6. The van der Waals surface area contributed by atoms with E-state index >= 15 is 0 Å². The fourth-order valence-corrected chi connectivity index (χ4v) is 3.58. The first-order valence-electron chi connectivity index (χ1n) is 9.86. The average molecular weight is 525 g/mol. The molecule has 1 aromatic heterocycles. The highest BCUT2D eigenvalue weighted by atomic mass is 127. The largest absolute Gasteiger partial charge is 0.449 e. The molecule has 4 rings (SSSR count). The molecule has 0 fully saturated rings. The van der Waals surface area contributed by atoms with Crippen LogP contribution >= 0.6 is 22.6 Å². The second kappa shape index (κ2) is 9.30. The molecule has 0 bridgehead atoms. The van der Waals surface area contributed by atoms with Gasteiger partial charge in [-0.2, -0.15) is 0 Å². The second-order valence-electron chi connectivity index (χ2n) is 6.95. The van der Waals surface area contributed by atoms with E-state index in [4.69, 9.17) is 4.74 Å². The van der Waals surface area contributed by atoms with E-state index in [-0.39, 0.29) is 5.91 Å². The zero-order valence-corrected chi connectivity index (χ0v) is 18.9. The number of anilines is 1. The lowest BCUT2D eigenvalue weighted by Gasteiger charge is -2.17. The summed E-state index contributed by atoms with van der Waals surface area (Å²) in [5, 5.41) is 2.80. The lowest BCUT2D eigenvalue weighted by Crippen LogP contribution is -2.32. The van der Waals surface area contributed by atoms with Crippen molar-refractivity contribution in [3.05, 3.63) is 81.9 Å². The van der Waals surface area contributed by atoms with Gasteiger partial charge in [0.15, 0.2) is 6.10 Å². The van der Waals surface area contributed by atoms with E-state index in [0.29, 0.717) is 29.1 Å². The Kier molecular flexibility index (Phi) is 6.31. The number of imidazole rings is 1. The number of nitrogens with one attached hydrogen (secondary N) is 2. The van der Waals surface area contributed by atoms with Gasteiger partial charge in [0.1, 0.15) is 5.82 Å². The zero-order valence-electron chi connectivity index (χ0n) is 16.8. The Morgan fingerprint density at radius 2 is 1.74 bits per heavy atom. The highest BCUT2D eigenvalue weighted by Crippen LogP contribution is 2.25. The molecular formula is C24H20IN3O3. The standard InChI is InChI=1S/C24H20IN3O3/c1-2-21(23(29)26-16-13-11-15(25)12-14-16)31-24(30)18-8-4-3-7-17(18)22-27-19-9-5-6-10-20(19)28-22/h3-14,21H,2H2,1H3,(H,26,29)(H,27,28). The predicted molar refractivity (Wildman–Crippen MR) is 129 cm³/mol. The van der Waals surface area contributed by atoms with Crippen molar-refractivity contribution in [1.29, 1.82) is 0 Å². The van der Waals surface area contributed by atoms with Crippen molar-refractivity contribution in [1.82, 2.24) is 9.97 Å². The van der Waals surface area contributed by atoms with Crippen molar-refractivity contribution in [2.75, 3.05) is 5.32 Å². The number of aromatic amines is 1. The summed E-state index contributed by atoms with van der Waals surface area (Å²) in [6.07, 6.45) is -0.551. The number of benzene rings is 3. The fraction of sp³-hybridized carbons (Fsp3) is 0.125. The first kappa shape index (κ1) is 21.0. The minimum absolute atomic E-state index is 0.349. The normalized spacial score (nSPS) is 11.8. The maximum atomic E-state index is 13.0. The van der Waals surface area contributed by atoms with Crippen LogP contribution in [0.3, 0.4) is 0 Å². The lowest BCUT2D eigenvalue weighted by atomic mass is 10.1. The molecule has 1 unspecified atom stereocenters. The molecule has 156 valence electrons. The quantitative estimate of drug-likeness (QED) is 0.261. The van der Waals surface area contributed by atoms with Crippen LogP contribution in [-0.4, -0.2) is 27.9 Å². The Labute approximate surface area is 193 Å². The number of halogens is 1. The number of fused-ring (bicyclic) bond motifs is 1. The van der Waals surface area contributed by atoms with Crippen LogP contribution in [-0.2, 0) is 9.53 Å². The van der Waals surface area contributed by atoms with Gasteiger partial charge in [-0.25, -0.2) is 9.78 Å². The summed E-state index contributed by atoms with van der Waals surface area (Å²) >= 11 is 2.20. The SMILES string of the molecule is CCC(OC(=O)c1ccccc1-c1nc2ccccc2[nH]1)C(=O)Nc1ccc(I)cc1. The van der Waals surface area contributed by atoms with Gasteiger partial charge in [-0.05, 0) is 71.5 Å². The van der Waals surface area contributed by atoms with Gasteiger partial charge in [0.25, 0.3) is 5.91 Å². The zero-order chi connectivity index (χ0) is 21.8. The topological polar surface area (TPSA) is 84.1 Å². The molecule has 0 aliphatic carbocycles. The van der Waals surface area contributed by atoms with Crippen LogP contribution in [0.4, 0.5) is 5.69 Å². The van der Waals surface area contributed by atoms with E-state index in [1.54, 1.807) is 25.1 Å². The van der Waals surface area contributed by atoms with Crippen LogP contribution in [0.2, 0.25) is 0 Å². The molecule has 0 radical (unpaired) electrons. The monoisotopic (exact) mass is 525 g/mol. The fourth-order valence-electron chi connectivity index (χ4n) is 3.22. The van der Waals surface area contributed by atoms with Crippen LogP contribution in [0.25, 0.3) is 22.4 Å². The van der Waals surface area contributed by atoms with Crippen molar-refractivity contribution in [3.8, 4) is 11.4 Å². The van der Waals surface area contributed by atoms with Gasteiger partial charge in [-0.1, -0.05) is 37.3 Å². The molecule has 0 saturated heterocycles. The summed E-state index contributed by atoms with van der Waals surface area (Å²) < 4.78 is 6.65. The van der Waals surface area contributed by atoms with E-state index < -0.39 is 12.1 Å². The molecule has 0 aliphatic rings. The molecule has 6 nitrogen and oxygen atoms in total. The number of hydrogen-bond acceptors (Lipinski definition) is 4. The number of ether oxygens (including phenoxy) is 1. The van der Waals surface area contributed by atoms with Gasteiger partial charge in [0.2, 0.25) is 0 Å². The summed E-state index contributed by atoms with van der Waals surface area (Å²) in [4.78, 5) is 33.5. The van der Waals surface area contributed by atoms with Crippen LogP contribution in [0, 0.1) is 3.57 Å². The highest BCUT2D eigenvalue weighted by molar-refractivity contribution is 14.1. The Morgan fingerprint density at radius 1 is 1.03 bits per heavy atom. The van der Waals surface area contributed by atoms with Crippen LogP contribution in [0.15, 0.2) is 72.8 Å². The molecule has 4 aromatic rings. The lowest BCUT2D eigenvalue weighted by molar-refractivity contribution is -0.124. The number of esters is 1. The van der Waals surface area contributed by atoms with Crippen molar-refractivity contribution in [3.63, 3.8) is 0 Å². The summed E-state index contributed by atoms with van der Waals surface area (Å²) in [5.74, 6) is -0.357. The third kappa shape index (κ3) is 4.77. The van der Waals surface area contributed by atoms with Crippen molar-refractivity contribution < 1.29 is 14.3 Å². The number of aromatic nitrogens is 2. The molecule has 0 spiro atoms. The number of H-pyrrole nitrogens is 1. The van der Waals surface area contributed by atoms with Crippen LogP contribution in [0.1, 0.15) is 23.7 Å². The van der Waals surface area contributed by atoms with Gasteiger partial charge in [-0.15, -0.1) is 0 Å². The van der Waals surface area contributed by atoms with Crippen molar-refractivity contribution in [2.45, 2.75) is 19.4 Å². The van der Waals surface area contributed by atoms with E-state index in [1.165, 1.54) is 0 Å². The van der Waals surface area contributed by atoms with Gasteiger partial charge in [-0.3, -0.25) is 4.79 Å². The van der Waals surface area contributed by atoms with Gasteiger partial charge >= 0.3 is 5.97 Å². The number of para-hydroxylation sites is 2. The summed E-state index contributed by atoms with van der Waals surface area (Å²) in [6, 6.07) is 22.1. The second-order valence-corrected chi connectivity index (χ2v) is 8.19. The first-order chi connectivity index (χ1) is 15.0. The van der Waals surface area contributed by atoms with E-state index in [1.807, 2.05) is 54.6 Å². The molecule has 2 N–H and O–H groups in total. The number of carbonyl (C=O) groups excluding carboxylic acids is 2. The maximum Gasteiger partial charge on any atom is 0.339 e. The molecule has 31 heavy (non-hydrogen) atoms. The molecule has 1 heterocycles. The van der Waals surface area contributed by atoms with Crippen molar-refractivity contribution >= 4 is 51.2 Å². The van der Waals surface area contributed by atoms with E-state index in [9.17, 15) is 9.59 Å².